The zero-order chi connectivity index (χ0) is 17.6. The summed E-state index contributed by atoms with van der Waals surface area (Å²) in [6.45, 7) is 4.35. The van der Waals surface area contributed by atoms with Gasteiger partial charge in [0.15, 0.2) is 0 Å². The van der Waals surface area contributed by atoms with Crippen molar-refractivity contribution in [2.45, 2.75) is 26.2 Å². The van der Waals surface area contributed by atoms with Gasteiger partial charge in [0.25, 0.3) is 0 Å². The van der Waals surface area contributed by atoms with E-state index in [-0.39, 0.29) is 5.97 Å². The standard InChI is InChI=1S/C23H22O2/c1-3-17(2)18-13-15-22(16-14-18)25-23(24)21-11-9-20(10-12-21)19-7-5-4-6-8-19/h4-17H,3H2,1-2H3. The van der Waals surface area contributed by atoms with E-state index in [0.717, 1.165) is 17.5 Å². The first-order chi connectivity index (χ1) is 12.2. The average Bonchev–Trinajstić information content (AvgIpc) is 2.68. The van der Waals surface area contributed by atoms with E-state index >= 15 is 0 Å². The van der Waals surface area contributed by atoms with E-state index in [2.05, 4.69) is 13.8 Å². The van der Waals surface area contributed by atoms with Gasteiger partial charge in [-0.05, 0) is 53.3 Å². The highest BCUT2D eigenvalue weighted by Gasteiger charge is 2.10. The van der Waals surface area contributed by atoms with Gasteiger partial charge in [0.1, 0.15) is 5.75 Å². The Kier molecular flexibility index (Phi) is 5.30. The SMILES string of the molecule is CCC(C)c1ccc(OC(=O)c2ccc(-c3ccccc3)cc2)cc1. The summed E-state index contributed by atoms with van der Waals surface area (Å²) in [5.74, 6) is 0.746. The summed E-state index contributed by atoms with van der Waals surface area (Å²) in [5.41, 5.74) is 4.01. The van der Waals surface area contributed by atoms with Gasteiger partial charge >= 0.3 is 5.97 Å². The Hall–Kier alpha value is -2.87. The molecular weight excluding hydrogens is 308 g/mol. The number of esters is 1. The Balaban J connectivity index is 1.69. The van der Waals surface area contributed by atoms with Gasteiger partial charge in [-0.1, -0.05) is 68.4 Å². The van der Waals surface area contributed by atoms with Crippen LogP contribution < -0.4 is 4.74 Å². The summed E-state index contributed by atoms with van der Waals surface area (Å²) in [6, 6.07) is 25.3. The first-order valence-electron chi connectivity index (χ1n) is 8.65. The Morgan fingerprint density at radius 2 is 1.44 bits per heavy atom. The summed E-state index contributed by atoms with van der Waals surface area (Å²) in [7, 11) is 0. The van der Waals surface area contributed by atoms with Crippen LogP contribution in [0.1, 0.15) is 42.1 Å². The van der Waals surface area contributed by atoms with Gasteiger partial charge in [0, 0.05) is 0 Å². The van der Waals surface area contributed by atoms with Crippen LogP contribution in [0.4, 0.5) is 0 Å². The third-order valence-corrected chi connectivity index (χ3v) is 4.50. The summed E-state index contributed by atoms with van der Waals surface area (Å²) in [4.78, 5) is 12.3. The molecule has 2 nitrogen and oxygen atoms in total. The average molecular weight is 330 g/mol. The quantitative estimate of drug-likeness (QED) is 0.418. The molecule has 3 rings (SSSR count). The molecule has 0 saturated heterocycles. The molecular formula is C23H22O2. The van der Waals surface area contributed by atoms with E-state index in [1.54, 1.807) is 12.1 Å². The molecule has 0 heterocycles. The zero-order valence-electron chi connectivity index (χ0n) is 14.6. The molecule has 1 atom stereocenters. The molecule has 0 N–H and O–H groups in total. The molecule has 3 aromatic rings. The molecule has 25 heavy (non-hydrogen) atoms. The van der Waals surface area contributed by atoms with Crippen molar-refractivity contribution < 1.29 is 9.53 Å². The second-order valence-corrected chi connectivity index (χ2v) is 6.21. The molecule has 0 radical (unpaired) electrons. The monoisotopic (exact) mass is 330 g/mol. The van der Waals surface area contributed by atoms with Crippen LogP contribution in [0.5, 0.6) is 5.75 Å². The minimum atomic E-state index is -0.337. The molecule has 0 spiro atoms. The molecule has 0 bridgehead atoms. The molecule has 0 aliphatic heterocycles. The van der Waals surface area contributed by atoms with Crippen molar-refractivity contribution in [3.05, 3.63) is 90.0 Å². The van der Waals surface area contributed by atoms with E-state index in [4.69, 9.17) is 4.74 Å². The summed E-state index contributed by atoms with van der Waals surface area (Å²) < 4.78 is 5.48. The molecule has 0 aliphatic carbocycles. The predicted octanol–water partition coefficient (Wildman–Crippen LogP) is 6.09. The van der Waals surface area contributed by atoms with Crippen LogP contribution in [-0.2, 0) is 0 Å². The molecule has 0 saturated carbocycles. The molecule has 0 amide bonds. The molecule has 1 unspecified atom stereocenters. The van der Waals surface area contributed by atoms with Crippen molar-refractivity contribution in [1.82, 2.24) is 0 Å². The topological polar surface area (TPSA) is 26.3 Å². The van der Waals surface area contributed by atoms with Gasteiger partial charge in [-0.25, -0.2) is 4.79 Å². The van der Waals surface area contributed by atoms with Gasteiger partial charge in [-0.3, -0.25) is 0 Å². The maximum absolute atomic E-state index is 12.3. The predicted molar refractivity (Wildman–Crippen MR) is 102 cm³/mol. The number of carbonyl (C=O) groups is 1. The highest BCUT2D eigenvalue weighted by atomic mass is 16.5. The Morgan fingerprint density at radius 1 is 0.840 bits per heavy atom. The van der Waals surface area contributed by atoms with Crippen molar-refractivity contribution in [1.29, 1.82) is 0 Å². The second-order valence-electron chi connectivity index (χ2n) is 6.21. The van der Waals surface area contributed by atoms with Crippen LogP contribution in [0.3, 0.4) is 0 Å². The van der Waals surface area contributed by atoms with Crippen molar-refractivity contribution in [3.8, 4) is 16.9 Å². The Morgan fingerprint density at radius 3 is 2.04 bits per heavy atom. The van der Waals surface area contributed by atoms with Crippen LogP contribution in [0.25, 0.3) is 11.1 Å². The smallest absolute Gasteiger partial charge is 0.343 e. The van der Waals surface area contributed by atoms with Gasteiger partial charge in [-0.15, -0.1) is 0 Å². The first-order valence-corrected chi connectivity index (χ1v) is 8.65. The molecule has 0 aromatic heterocycles. The first kappa shape index (κ1) is 17.0. The second kappa shape index (κ2) is 7.80. The fourth-order valence-corrected chi connectivity index (χ4v) is 2.70. The summed E-state index contributed by atoms with van der Waals surface area (Å²) in [5, 5.41) is 0. The fourth-order valence-electron chi connectivity index (χ4n) is 2.70. The van der Waals surface area contributed by atoms with Gasteiger partial charge in [0.2, 0.25) is 0 Å². The normalized spacial score (nSPS) is 11.8. The fraction of sp³-hybridized carbons (Fsp3) is 0.174. The number of benzene rings is 3. The minimum absolute atomic E-state index is 0.337. The third kappa shape index (κ3) is 4.16. The number of rotatable bonds is 5. The van der Waals surface area contributed by atoms with Gasteiger partial charge in [-0.2, -0.15) is 0 Å². The van der Waals surface area contributed by atoms with Crippen molar-refractivity contribution in [3.63, 3.8) is 0 Å². The van der Waals surface area contributed by atoms with Crippen molar-refractivity contribution >= 4 is 5.97 Å². The molecule has 0 fully saturated rings. The van der Waals surface area contributed by atoms with Crippen molar-refractivity contribution in [2.24, 2.45) is 0 Å². The Bertz CT molecular complexity index is 818. The number of hydrogen-bond acceptors (Lipinski definition) is 2. The lowest BCUT2D eigenvalue weighted by molar-refractivity contribution is 0.0735. The Labute approximate surface area is 149 Å². The van der Waals surface area contributed by atoms with Crippen LogP contribution in [0.2, 0.25) is 0 Å². The van der Waals surface area contributed by atoms with Crippen LogP contribution >= 0.6 is 0 Å². The molecule has 126 valence electrons. The lowest BCUT2D eigenvalue weighted by atomic mass is 9.99. The van der Waals surface area contributed by atoms with E-state index in [0.29, 0.717) is 17.2 Å². The van der Waals surface area contributed by atoms with Gasteiger partial charge < -0.3 is 4.74 Å². The van der Waals surface area contributed by atoms with E-state index in [9.17, 15) is 4.79 Å². The summed E-state index contributed by atoms with van der Waals surface area (Å²) in [6.07, 6.45) is 1.09. The maximum Gasteiger partial charge on any atom is 0.343 e. The maximum atomic E-state index is 12.3. The number of hydrogen-bond donors (Lipinski definition) is 0. The molecule has 2 heteroatoms. The summed E-state index contributed by atoms with van der Waals surface area (Å²) >= 11 is 0. The zero-order valence-corrected chi connectivity index (χ0v) is 14.6. The molecule has 3 aromatic carbocycles. The number of ether oxygens (including phenoxy) is 1. The highest BCUT2D eigenvalue weighted by molar-refractivity contribution is 5.91. The van der Waals surface area contributed by atoms with Gasteiger partial charge in [0.05, 0.1) is 5.56 Å². The minimum Gasteiger partial charge on any atom is -0.423 e. The lowest BCUT2D eigenvalue weighted by Crippen LogP contribution is -2.08. The van der Waals surface area contributed by atoms with E-state index < -0.39 is 0 Å². The van der Waals surface area contributed by atoms with Crippen LogP contribution in [-0.4, -0.2) is 5.97 Å². The highest BCUT2D eigenvalue weighted by Crippen LogP contribution is 2.23. The largest absolute Gasteiger partial charge is 0.423 e. The van der Waals surface area contributed by atoms with Crippen LogP contribution in [0.15, 0.2) is 78.9 Å². The molecule has 0 aliphatic rings. The number of carbonyl (C=O) groups excluding carboxylic acids is 1. The van der Waals surface area contributed by atoms with E-state index in [1.807, 2.05) is 66.7 Å². The lowest BCUT2D eigenvalue weighted by Gasteiger charge is -2.10. The third-order valence-electron chi connectivity index (χ3n) is 4.50. The van der Waals surface area contributed by atoms with Crippen LogP contribution in [0, 0.1) is 0 Å². The van der Waals surface area contributed by atoms with Crippen molar-refractivity contribution in [2.75, 3.05) is 0 Å². The van der Waals surface area contributed by atoms with E-state index in [1.165, 1.54) is 5.56 Å².